The predicted octanol–water partition coefficient (Wildman–Crippen LogP) is 5.95. The summed E-state index contributed by atoms with van der Waals surface area (Å²) < 4.78 is 1.18. The molecular weight excluding hydrogens is 394 g/mol. The van der Waals surface area contributed by atoms with Crippen LogP contribution in [0.4, 0.5) is 0 Å². The van der Waals surface area contributed by atoms with E-state index in [1.807, 2.05) is 0 Å². The van der Waals surface area contributed by atoms with Gasteiger partial charge in [-0.3, -0.25) is 5.10 Å². The molecule has 30 heavy (non-hydrogen) atoms. The first kappa shape index (κ1) is 21.1. The summed E-state index contributed by atoms with van der Waals surface area (Å²) in [6.07, 6.45) is 6.79. The number of aliphatic hydroxyl groups is 2. The molecule has 1 aromatic carbocycles. The number of nitrogens with one attached hydrogen (secondary N) is 2. The third kappa shape index (κ3) is 3.80. The van der Waals surface area contributed by atoms with Crippen molar-refractivity contribution < 1.29 is 10.2 Å². The molecule has 1 atom stereocenters. The van der Waals surface area contributed by atoms with Gasteiger partial charge in [0.15, 0.2) is 0 Å². The van der Waals surface area contributed by atoms with Crippen LogP contribution in [0.2, 0.25) is 0 Å². The van der Waals surface area contributed by atoms with Gasteiger partial charge in [0.05, 0.1) is 21.5 Å². The second-order valence-corrected chi connectivity index (χ2v) is 9.07. The first-order valence-electron chi connectivity index (χ1n) is 11.0. The summed E-state index contributed by atoms with van der Waals surface area (Å²) in [5.41, 5.74) is 4.48. The lowest BCUT2D eigenvalue weighted by atomic mass is 9.72. The number of aromatic nitrogens is 3. The minimum Gasteiger partial charge on any atom is -0.397 e. The number of fused-ring (bicyclic) bond motifs is 2. The SMILES string of the molecule is CCC(O)(c1ccc2[nH]c(-c3n[nH]c4ccsc34)cc2c1)C1CCCCC1.CCO. The summed E-state index contributed by atoms with van der Waals surface area (Å²) in [5.74, 6) is 0.365. The van der Waals surface area contributed by atoms with Gasteiger partial charge in [-0.05, 0) is 67.3 Å². The van der Waals surface area contributed by atoms with Crippen LogP contribution in [0.5, 0.6) is 0 Å². The average molecular weight is 426 g/mol. The van der Waals surface area contributed by atoms with Crippen molar-refractivity contribution in [1.82, 2.24) is 15.2 Å². The monoisotopic (exact) mass is 425 g/mol. The summed E-state index contributed by atoms with van der Waals surface area (Å²) in [4.78, 5) is 3.50. The number of rotatable bonds is 4. The molecule has 1 saturated carbocycles. The lowest BCUT2D eigenvalue weighted by Gasteiger charge is -2.38. The van der Waals surface area contributed by atoms with Crippen molar-refractivity contribution in [3.05, 3.63) is 41.3 Å². The van der Waals surface area contributed by atoms with Gasteiger partial charge in [-0.25, -0.2) is 0 Å². The Morgan fingerprint density at radius 1 is 1.10 bits per heavy atom. The highest BCUT2D eigenvalue weighted by Gasteiger charge is 2.37. The molecule has 5 nitrogen and oxygen atoms in total. The van der Waals surface area contributed by atoms with Gasteiger partial charge in [0.2, 0.25) is 0 Å². The van der Waals surface area contributed by atoms with Gasteiger partial charge in [-0.15, -0.1) is 11.3 Å². The lowest BCUT2D eigenvalue weighted by molar-refractivity contribution is -0.0420. The number of aromatic amines is 2. The van der Waals surface area contributed by atoms with Crippen molar-refractivity contribution in [2.24, 2.45) is 5.92 Å². The largest absolute Gasteiger partial charge is 0.397 e. The molecule has 0 amide bonds. The van der Waals surface area contributed by atoms with E-state index in [2.05, 4.69) is 57.8 Å². The van der Waals surface area contributed by atoms with Gasteiger partial charge < -0.3 is 15.2 Å². The zero-order valence-electron chi connectivity index (χ0n) is 17.7. The molecule has 0 spiro atoms. The van der Waals surface area contributed by atoms with E-state index in [0.717, 1.165) is 52.6 Å². The summed E-state index contributed by atoms with van der Waals surface area (Å²) in [6.45, 7) is 4.04. The number of thiophene rings is 1. The molecule has 1 aliphatic rings. The molecule has 4 N–H and O–H groups in total. The standard InChI is InChI=1S/C22H25N3OS.C2H6O/c1-2-22(26,15-6-4-3-5-7-15)16-8-9-17-14(12-16)13-19(23-17)20-21-18(24-25-20)10-11-27-21;1-2-3/h8-13,15,23,26H,2-7H2,1H3,(H,24,25);3H,2H2,1H3. The van der Waals surface area contributed by atoms with E-state index in [0.29, 0.717) is 5.92 Å². The Labute approximate surface area is 181 Å². The number of aliphatic hydroxyl groups excluding tert-OH is 1. The van der Waals surface area contributed by atoms with Crippen LogP contribution in [0, 0.1) is 5.92 Å². The maximum absolute atomic E-state index is 11.6. The molecular formula is C24H31N3O2S. The fourth-order valence-corrected chi connectivity index (χ4v) is 5.62. The van der Waals surface area contributed by atoms with Crippen LogP contribution in [-0.2, 0) is 5.60 Å². The van der Waals surface area contributed by atoms with Crippen molar-refractivity contribution in [2.75, 3.05) is 6.61 Å². The second kappa shape index (κ2) is 8.92. The molecule has 3 aromatic heterocycles. The summed E-state index contributed by atoms with van der Waals surface area (Å²) in [5, 5.41) is 29.9. The van der Waals surface area contributed by atoms with E-state index in [4.69, 9.17) is 5.11 Å². The Kier molecular flexibility index (Phi) is 6.27. The molecule has 6 heteroatoms. The topological polar surface area (TPSA) is 84.9 Å². The highest BCUT2D eigenvalue weighted by atomic mass is 32.1. The summed E-state index contributed by atoms with van der Waals surface area (Å²) >= 11 is 1.70. The van der Waals surface area contributed by atoms with E-state index in [9.17, 15) is 5.11 Å². The Balaban J connectivity index is 0.000000687. The normalized spacial score (nSPS) is 17.1. The fourth-order valence-electron chi connectivity index (χ4n) is 4.77. The van der Waals surface area contributed by atoms with Gasteiger partial charge in [-0.2, -0.15) is 5.10 Å². The van der Waals surface area contributed by atoms with Crippen molar-refractivity contribution in [3.63, 3.8) is 0 Å². The van der Waals surface area contributed by atoms with E-state index in [1.54, 1.807) is 18.3 Å². The van der Waals surface area contributed by atoms with Crippen LogP contribution in [0.25, 0.3) is 32.5 Å². The van der Waals surface area contributed by atoms with Crippen molar-refractivity contribution in [3.8, 4) is 11.4 Å². The molecule has 5 rings (SSSR count). The molecule has 1 unspecified atom stereocenters. The molecule has 1 aliphatic carbocycles. The Bertz CT molecular complexity index is 1110. The van der Waals surface area contributed by atoms with E-state index in [1.165, 1.54) is 24.0 Å². The van der Waals surface area contributed by atoms with Crippen LogP contribution in [0.1, 0.15) is 57.9 Å². The molecule has 3 heterocycles. The number of H-pyrrole nitrogens is 2. The Morgan fingerprint density at radius 2 is 1.87 bits per heavy atom. The minimum absolute atomic E-state index is 0.250. The first-order chi connectivity index (χ1) is 14.6. The van der Waals surface area contributed by atoms with E-state index >= 15 is 0 Å². The van der Waals surface area contributed by atoms with Crippen LogP contribution in [0.3, 0.4) is 0 Å². The molecule has 160 valence electrons. The maximum Gasteiger partial charge on any atom is 0.126 e. The molecule has 1 fully saturated rings. The van der Waals surface area contributed by atoms with Crippen LogP contribution in [0.15, 0.2) is 35.7 Å². The van der Waals surface area contributed by atoms with Gasteiger partial charge in [-0.1, -0.05) is 32.3 Å². The molecule has 0 saturated heterocycles. The molecule has 0 aliphatic heterocycles. The molecule has 4 aromatic rings. The van der Waals surface area contributed by atoms with Crippen LogP contribution >= 0.6 is 11.3 Å². The molecule has 0 radical (unpaired) electrons. The zero-order chi connectivity index (χ0) is 21.1. The maximum atomic E-state index is 11.6. The van der Waals surface area contributed by atoms with Gasteiger partial charge in [0.1, 0.15) is 5.69 Å². The third-order valence-corrected chi connectivity index (χ3v) is 7.28. The average Bonchev–Trinajstić information content (AvgIpc) is 3.49. The third-order valence-electron chi connectivity index (χ3n) is 6.36. The van der Waals surface area contributed by atoms with Crippen LogP contribution < -0.4 is 0 Å². The summed E-state index contributed by atoms with van der Waals surface area (Å²) in [6, 6.07) is 10.6. The van der Waals surface area contributed by atoms with Crippen molar-refractivity contribution in [2.45, 2.75) is 58.0 Å². The lowest BCUT2D eigenvalue weighted by Crippen LogP contribution is -2.35. The zero-order valence-corrected chi connectivity index (χ0v) is 18.6. The minimum atomic E-state index is -0.723. The number of hydrogen-bond donors (Lipinski definition) is 4. The second-order valence-electron chi connectivity index (χ2n) is 8.15. The molecule has 0 bridgehead atoms. The van der Waals surface area contributed by atoms with Gasteiger partial charge in [0, 0.05) is 17.5 Å². The van der Waals surface area contributed by atoms with Gasteiger partial charge in [0.25, 0.3) is 0 Å². The van der Waals surface area contributed by atoms with Crippen molar-refractivity contribution in [1.29, 1.82) is 0 Å². The van der Waals surface area contributed by atoms with Gasteiger partial charge >= 0.3 is 0 Å². The predicted molar refractivity (Wildman–Crippen MR) is 125 cm³/mol. The number of nitrogens with zero attached hydrogens (tertiary/aromatic N) is 1. The van der Waals surface area contributed by atoms with Crippen molar-refractivity contribution >= 4 is 32.5 Å². The highest BCUT2D eigenvalue weighted by molar-refractivity contribution is 7.17. The number of benzene rings is 1. The highest BCUT2D eigenvalue weighted by Crippen LogP contribution is 2.42. The van der Waals surface area contributed by atoms with E-state index < -0.39 is 5.60 Å². The number of hydrogen-bond acceptors (Lipinski definition) is 4. The first-order valence-corrected chi connectivity index (χ1v) is 11.9. The quantitative estimate of drug-likeness (QED) is 0.326. The Hall–Kier alpha value is -2.15. The smallest absolute Gasteiger partial charge is 0.126 e. The Morgan fingerprint density at radius 3 is 2.60 bits per heavy atom. The van der Waals surface area contributed by atoms with Crippen LogP contribution in [-0.4, -0.2) is 32.0 Å². The van der Waals surface area contributed by atoms with E-state index in [-0.39, 0.29) is 6.61 Å². The fraction of sp³-hybridized carbons (Fsp3) is 0.458. The summed E-state index contributed by atoms with van der Waals surface area (Å²) in [7, 11) is 0.